The second-order valence-electron chi connectivity index (χ2n) is 2.82. The van der Waals surface area contributed by atoms with Crippen molar-refractivity contribution in [3.63, 3.8) is 0 Å². The maximum atomic E-state index is 8.33. The van der Waals surface area contributed by atoms with Crippen molar-refractivity contribution in [3.05, 3.63) is 33.3 Å². The Labute approximate surface area is 97.0 Å². The fraction of sp³-hybridized carbons (Fsp3) is 0.300. The van der Waals surface area contributed by atoms with Crippen molar-refractivity contribution in [2.24, 2.45) is 0 Å². The van der Waals surface area contributed by atoms with Gasteiger partial charge >= 0.3 is 0 Å². The second kappa shape index (κ2) is 6.02. The van der Waals surface area contributed by atoms with E-state index in [9.17, 15) is 0 Å². The van der Waals surface area contributed by atoms with Crippen molar-refractivity contribution in [2.45, 2.75) is 13.0 Å². The highest BCUT2D eigenvalue weighted by atomic mass is 79.9. The first-order valence-electron chi connectivity index (χ1n) is 4.25. The van der Waals surface area contributed by atoms with E-state index in [1.807, 2.05) is 18.2 Å². The summed E-state index contributed by atoms with van der Waals surface area (Å²) in [6, 6.07) is 7.85. The summed E-state index contributed by atoms with van der Waals surface area (Å²) in [5, 5.41) is 12.2. The monoisotopic (exact) mass is 272 g/mol. The summed E-state index contributed by atoms with van der Waals surface area (Å²) in [6.07, 6.45) is 0.522. The molecular formula is C10H10BrClN2. The maximum absolute atomic E-state index is 8.33. The molecule has 0 unspecified atom stereocenters. The largest absolute Gasteiger partial charge is 0.312 e. The molecule has 0 aliphatic rings. The molecule has 74 valence electrons. The fourth-order valence-electron chi connectivity index (χ4n) is 1.03. The Bertz CT molecular complexity index is 346. The van der Waals surface area contributed by atoms with Gasteiger partial charge in [-0.15, -0.1) is 0 Å². The van der Waals surface area contributed by atoms with Gasteiger partial charge in [-0.25, -0.2) is 0 Å². The van der Waals surface area contributed by atoms with Crippen LogP contribution in [0.2, 0.25) is 5.02 Å². The Morgan fingerprint density at radius 1 is 1.50 bits per heavy atom. The summed E-state index contributed by atoms with van der Waals surface area (Å²) in [5.74, 6) is 0. The molecule has 0 spiro atoms. The van der Waals surface area contributed by atoms with Crippen LogP contribution < -0.4 is 5.32 Å². The fourth-order valence-corrected chi connectivity index (χ4v) is 1.77. The number of nitrogens with one attached hydrogen (secondary N) is 1. The molecule has 0 amide bonds. The van der Waals surface area contributed by atoms with Crippen LogP contribution in [0.5, 0.6) is 0 Å². The van der Waals surface area contributed by atoms with Gasteiger partial charge in [0, 0.05) is 29.0 Å². The van der Waals surface area contributed by atoms with E-state index in [2.05, 4.69) is 27.3 Å². The van der Waals surface area contributed by atoms with E-state index < -0.39 is 0 Å². The third-order valence-electron chi connectivity index (χ3n) is 1.74. The van der Waals surface area contributed by atoms with E-state index in [0.29, 0.717) is 19.5 Å². The van der Waals surface area contributed by atoms with Crippen molar-refractivity contribution in [3.8, 4) is 6.07 Å². The van der Waals surface area contributed by atoms with Gasteiger partial charge in [0.15, 0.2) is 0 Å². The van der Waals surface area contributed by atoms with Crippen LogP contribution in [0.4, 0.5) is 0 Å². The van der Waals surface area contributed by atoms with Gasteiger partial charge in [-0.1, -0.05) is 33.6 Å². The summed E-state index contributed by atoms with van der Waals surface area (Å²) in [7, 11) is 0. The normalized spacial score (nSPS) is 9.79. The average molecular weight is 274 g/mol. The van der Waals surface area contributed by atoms with Gasteiger partial charge in [0.2, 0.25) is 0 Å². The maximum Gasteiger partial charge on any atom is 0.0635 e. The zero-order valence-electron chi connectivity index (χ0n) is 7.56. The van der Waals surface area contributed by atoms with Gasteiger partial charge in [-0.05, 0) is 17.7 Å². The predicted molar refractivity (Wildman–Crippen MR) is 61.1 cm³/mol. The number of nitriles is 1. The summed E-state index contributed by atoms with van der Waals surface area (Å²) < 4.78 is 0.975. The quantitative estimate of drug-likeness (QED) is 0.856. The molecule has 1 aromatic rings. The third kappa shape index (κ3) is 3.67. The minimum atomic E-state index is 0.522. The van der Waals surface area contributed by atoms with E-state index in [1.165, 1.54) is 0 Å². The third-order valence-corrected chi connectivity index (χ3v) is 2.59. The average Bonchev–Trinajstić information content (AvgIpc) is 2.15. The molecule has 0 saturated carbocycles. The minimum absolute atomic E-state index is 0.522. The number of benzene rings is 1. The molecule has 14 heavy (non-hydrogen) atoms. The zero-order chi connectivity index (χ0) is 10.4. The van der Waals surface area contributed by atoms with Gasteiger partial charge < -0.3 is 5.32 Å². The van der Waals surface area contributed by atoms with Crippen molar-refractivity contribution in [2.75, 3.05) is 6.54 Å². The van der Waals surface area contributed by atoms with Gasteiger partial charge in [0.25, 0.3) is 0 Å². The Morgan fingerprint density at radius 3 is 2.93 bits per heavy atom. The molecule has 0 atom stereocenters. The van der Waals surface area contributed by atoms with Crippen LogP contribution in [0.15, 0.2) is 22.7 Å². The Kier molecular flexibility index (Phi) is 4.95. The van der Waals surface area contributed by atoms with E-state index in [1.54, 1.807) is 0 Å². The standard InChI is InChI=1S/C10H10BrClN2/c11-9-3-2-8(10(12)6-9)7-14-5-1-4-13/h2-3,6,14H,1,5,7H2. The van der Waals surface area contributed by atoms with Crippen LogP contribution in [0.25, 0.3) is 0 Å². The van der Waals surface area contributed by atoms with Gasteiger partial charge in [0.1, 0.15) is 0 Å². The Morgan fingerprint density at radius 2 is 2.29 bits per heavy atom. The summed E-state index contributed by atoms with van der Waals surface area (Å²) in [4.78, 5) is 0. The lowest BCUT2D eigenvalue weighted by Crippen LogP contribution is -2.14. The predicted octanol–water partition coefficient (Wildman–Crippen LogP) is 3.11. The van der Waals surface area contributed by atoms with Crippen LogP contribution in [0.3, 0.4) is 0 Å². The second-order valence-corrected chi connectivity index (χ2v) is 4.14. The van der Waals surface area contributed by atoms with Crippen LogP contribution >= 0.6 is 27.5 Å². The molecule has 0 fully saturated rings. The molecule has 0 bridgehead atoms. The Hall–Kier alpha value is -0.560. The molecule has 2 nitrogen and oxygen atoms in total. The molecule has 0 saturated heterocycles. The highest BCUT2D eigenvalue weighted by Crippen LogP contribution is 2.20. The lowest BCUT2D eigenvalue weighted by Gasteiger charge is -2.05. The van der Waals surface area contributed by atoms with Crippen LogP contribution in [0, 0.1) is 11.3 Å². The highest BCUT2D eigenvalue weighted by Gasteiger charge is 1.99. The molecular weight excluding hydrogens is 263 g/mol. The van der Waals surface area contributed by atoms with E-state index >= 15 is 0 Å². The Balaban J connectivity index is 2.47. The van der Waals surface area contributed by atoms with Crippen molar-refractivity contribution < 1.29 is 0 Å². The molecule has 0 heterocycles. The van der Waals surface area contributed by atoms with Gasteiger partial charge in [-0.3, -0.25) is 0 Å². The highest BCUT2D eigenvalue weighted by molar-refractivity contribution is 9.10. The van der Waals surface area contributed by atoms with Crippen molar-refractivity contribution >= 4 is 27.5 Å². The lowest BCUT2D eigenvalue weighted by atomic mass is 10.2. The smallest absolute Gasteiger partial charge is 0.0635 e. The molecule has 0 radical (unpaired) electrons. The number of halogens is 2. The number of hydrogen-bond acceptors (Lipinski definition) is 2. The molecule has 0 aromatic heterocycles. The zero-order valence-corrected chi connectivity index (χ0v) is 9.90. The van der Waals surface area contributed by atoms with Gasteiger partial charge in [-0.2, -0.15) is 5.26 Å². The van der Waals surface area contributed by atoms with Gasteiger partial charge in [0.05, 0.1) is 6.07 Å². The molecule has 0 aliphatic carbocycles. The lowest BCUT2D eigenvalue weighted by molar-refractivity contribution is 0.699. The number of nitrogens with zero attached hydrogens (tertiary/aromatic N) is 1. The number of hydrogen-bond donors (Lipinski definition) is 1. The first-order chi connectivity index (χ1) is 6.74. The number of rotatable bonds is 4. The topological polar surface area (TPSA) is 35.8 Å². The van der Waals surface area contributed by atoms with Crippen LogP contribution in [0.1, 0.15) is 12.0 Å². The molecule has 1 aromatic carbocycles. The van der Waals surface area contributed by atoms with Crippen molar-refractivity contribution in [1.29, 1.82) is 5.26 Å². The van der Waals surface area contributed by atoms with E-state index in [0.717, 1.165) is 15.1 Å². The molecule has 1 rings (SSSR count). The summed E-state index contributed by atoms with van der Waals surface area (Å²) in [6.45, 7) is 1.40. The molecule has 0 aliphatic heterocycles. The van der Waals surface area contributed by atoms with E-state index in [4.69, 9.17) is 16.9 Å². The molecule has 4 heteroatoms. The summed E-state index contributed by atoms with van der Waals surface area (Å²) >= 11 is 9.35. The van der Waals surface area contributed by atoms with Crippen LogP contribution in [-0.2, 0) is 6.54 Å². The SMILES string of the molecule is N#CCCNCc1ccc(Br)cc1Cl. The van der Waals surface area contributed by atoms with Crippen molar-refractivity contribution in [1.82, 2.24) is 5.32 Å². The van der Waals surface area contributed by atoms with Crippen LogP contribution in [-0.4, -0.2) is 6.54 Å². The summed E-state index contributed by atoms with van der Waals surface area (Å²) in [5.41, 5.74) is 1.05. The van der Waals surface area contributed by atoms with E-state index in [-0.39, 0.29) is 0 Å². The first kappa shape index (κ1) is 11.5. The molecule has 1 N–H and O–H groups in total. The first-order valence-corrected chi connectivity index (χ1v) is 5.42. The minimum Gasteiger partial charge on any atom is -0.312 e.